The van der Waals surface area contributed by atoms with Crippen LogP contribution in [0.2, 0.25) is 0 Å². The third kappa shape index (κ3) is 4.91. The molecule has 1 aliphatic heterocycles. The summed E-state index contributed by atoms with van der Waals surface area (Å²) in [6, 6.07) is 7.96. The van der Waals surface area contributed by atoms with Gasteiger partial charge in [0.15, 0.2) is 6.61 Å². The predicted octanol–water partition coefficient (Wildman–Crippen LogP) is 2.84. The van der Waals surface area contributed by atoms with Crippen LogP contribution in [0.15, 0.2) is 24.3 Å². The van der Waals surface area contributed by atoms with Gasteiger partial charge in [0, 0.05) is 24.7 Å². The molecule has 3 atom stereocenters. The van der Waals surface area contributed by atoms with Gasteiger partial charge in [-0.2, -0.15) is 0 Å². The van der Waals surface area contributed by atoms with Crippen LogP contribution in [0.5, 0.6) is 0 Å². The molecule has 0 spiro atoms. The molecular weight excluding hydrogens is 356 g/mol. The Morgan fingerprint density at radius 3 is 2.57 bits per heavy atom. The fraction of sp³-hybridized carbons (Fsp3) is 0.591. The molecule has 1 saturated heterocycles. The highest BCUT2D eigenvalue weighted by Gasteiger charge is 2.36. The number of nitrogens with zero attached hydrogens (tertiary/aromatic N) is 1. The fourth-order valence-electron chi connectivity index (χ4n) is 4.06. The highest BCUT2D eigenvalue weighted by Crippen LogP contribution is 2.26. The molecular formula is C22H30N2O4. The number of benzene rings is 1. The van der Waals surface area contributed by atoms with Crippen LogP contribution in [0.4, 0.5) is 5.69 Å². The summed E-state index contributed by atoms with van der Waals surface area (Å²) in [7, 11) is 0. The van der Waals surface area contributed by atoms with Gasteiger partial charge in [-0.05, 0) is 42.9 Å². The molecule has 6 nitrogen and oxygen atoms in total. The van der Waals surface area contributed by atoms with E-state index in [9.17, 15) is 14.4 Å². The number of nitrogens with one attached hydrogen (secondary N) is 1. The Kier molecular flexibility index (Phi) is 6.70. The molecule has 28 heavy (non-hydrogen) atoms. The highest BCUT2D eigenvalue weighted by molar-refractivity contribution is 5.99. The molecule has 0 aromatic heterocycles. The molecule has 0 radical (unpaired) electrons. The lowest BCUT2D eigenvalue weighted by molar-refractivity contribution is -0.152. The Balaban J connectivity index is 1.48. The van der Waals surface area contributed by atoms with E-state index in [1.807, 2.05) is 24.3 Å². The minimum absolute atomic E-state index is 0.0910. The van der Waals surface area contributed by atoms with Crippen LogP contribution in [-0.4, -0.2) is 37.0 Å². The molecule has 1 aliphatic carbocycles. The molecule has 3 rings (SSSR count). The van der Waals surface area contributed by atoms with Gasteiger partial charge in [-0.1, -0.05) is 38.8 Å². The first-order valence-electron chi connectivity index (χ1n) is 10.3. The summed E-state index contributed by atoms with van der Waals surface area (Å²) >= 11 is 0. The average molecular weight is 386 g/mol. The van der Waals surface area contributed by atoms with Crippen LogP contribution in [-0.2, 0) is 25.5 Å². The lowest BCUT2D eigenvalue weighted by Gasteiger charge is -2.29. The second-order valence-corrected chi connectivity index (χ2v) is 7.97. The lowest BCUT2D eigenvalue weighted by Crippen LogP contribution is -2.43. The van der Waals surface area contributed by atoms with Gasteiger partial charge in [-0.15, -0.1) is 0 Å². The van der Waals surface area contributed by atoms with Gasteiger partial charge in [0.2, 0.25) is 5.91 Å². The van der Waals surface area contributed by atoms with E-state index in [0.717, 1.165) is 31.4 Å². The van der Waals surface area contributed by atoms with Crippen LogP contribution in [0.3, 0.4) is 0 Å². The third-order valence-corrected chi connectivity index (χ3v) is 5.92. The average Bonchev–Trinajstić information content (AvgIpc) is 3.10. The van der Waals surface area contributed by atoms with Crippen molar-refractivity contribution in [2.24, 2.45) is 11.8 Å². The van der Waals surface area contributed by atoms with E-state index < -0.39 is 11.9 Å². The van der Waals surface area contributed by atoms with Crippen molar-refractivity contribution in [1.82, 2.24) is 5.32 Å². The van der Waals surface area contributed by atoms with Crippen molar-refractivity contribution in [2.45, 2.75) is 58.4 Å². The van der Waals surface area contributed by atoms with Crippen LogP contribution in [0.1, 0.15) is 51.5 Å². The molecule has 1 N–H and O–H groups in total. The Hall–Kier alpha value is -2.37. The smallest absolute Gasteiger partial charge is 0.311 e. The third-order valence-electron chi connectivity index (χ3n) is 5.92. The summed E-state index contributed by atoms with van der Waals surface area (Å²) in [4.78, 5) is 38.4. The Labute approximate surface area is 166 Å². The summed E-state index contributed by atoms with van der Waals surface area (Å²) < 4.78 is 5.20. The zero-order valence-electron chi connectivity index (χ0n) is 16.8. The van der Waals surface area contributed by atoms with Crippen molar-refractivity contribution in [2.75, 3.05) is 18.1 Å². The molecule has 1 aromatic rings. The number of carbonyl (C=O) groups is 3. The highest BCUT2D eigenvalue weighted by atomic mass is 16.5. The topological polar surface area (TPSA) is 75.7 Å². The lowest BCUT2D eigenvalue weighted by atomic mass is 9.86. The largest absolute Gasteiger partial charge is 0.455 e. The van der Waals surface area contributed by atoms with Crippen molar-refractivity contribution in [3.63, 3.8) is 0 Å². The van der Waals surface area contributed by atoms with Gasteiger partial charge in [0.25, 0.3) is 5.91 Å². The van der Waals surface area contributed by atoms with Gasteiger partial charge in [-0.25, -0.2) is 0 Å². The van der Waals surface area contributed by atoms with Gasteiger partial charge < -0.3 is 15.0 Å². The Morgan fingerprint density at radius 1 is 1.18 bits per heavy atom. The van der Waals surface area contributed by atoms with Crippen LogP contribution < -0.4 is 10.2 Å². The van der Waals surface area contributed by atoms with E-state index >= 15 is 0 Å². The summed E-state index contributed by atoms with van der Waals surface area (Å²) in [5, 5.41) is 2.98. The SMILES string of the molecule is CCc1ccc(N2C[C@@H](C(=O)OCC(=O)N[C@@H]3CCCC[C@@H]3C)CC2=O)cc1. The molecule has 6 heteroatoms. The number of rotatable bonds is 6. The monoisotopic (exact) mass is 386 g/mol. The van der Waals surface area contributed by atoms with E-state index in [4.69, 9.17) is 4.74 Å². The maximum absolute atomic E-state index is 12.3. The normalized spacial score (nSPS) is 24.9. The molecule has 1 heterocycles. The molecule has 2 amide bonds. The second-order valence-electron chi connectivity index (χ2n) is 7.97. The van der Waals surface area contributed by atoms with Crippen molar-refractivity contribution >= 4 is 23.5 Å². The first kappa shape index (κ1) is 20.4. The molecule has 0 bridgehead atoms. The van der Waals surface area contributed by atoms with Crippen molar-refractivity contribution < 1.29 is 19.1 Å². The molecule has 1 aromatic carbocycles. The zero-order valence-corrected chi connectivity index (χ0v) is 16.8. The number of esters is 1. The summed E-state index contributed by atoms with van der Waals surface area (Å²) in [6.45, 7) is 4.23. The summed E-state index contributed by atoms with van der Waals surface area (Å²) in [6.07, 6.45) is 5.47. The minimum atomic E-state index is -0.528. The first-order valence-corrected chi connectivity index (χ1v) is 10.3. The van der Waals surface area contributed by atoms with Crippen molar-refractivity contribution in [1.29, 1.82) is 0 Å². The first-order chi connectivity index (χ1) is 13.5. The van der Waals surface area contributed by atoms with Gasteiger partial charge in [-0.3, -0.25) is 14.4 Å². The number of carbonyl (C=O) groups excluding carboxylic acids is 3. The number of hydrogen-bond donors (Lipinski definition) is 1. The number of amides is 2. The number of aryl methyl sites for hydroxylation is 1. The molecule has 2 fully saturated rings. The molecule has 0 unspecified atom stereocenters. The maximum atomic E-state index is 12.3. The predicted molar refractivity (Wildman–Crippen MR) is 107 cm³/mol. The van der Waals surface area contributed by atoms with E-state index in [1.54, 1.807) is 4.90 Å². The number of ether oxygens (including phenoxy) is 1. The molecule has 2 aliphatic rings. The maximum Gasteiger partial charge on any atom is 0.311 e. The van der Waals surface area contributed by atoms with Crippen molar-refractivity contribution in [3.8, 4) is 0 Å². The molecule has 1 saturated carbocycles. The van der Waals surface area contributed by atoms with Gasteiger partial charge >= 0.3 is 5.97 Å². The minimum Gasteiger partial charge on any atom is -0.455 e. The van der Waals surface area contributed by atoms with E-state index in [-0.39, 0.29) is 30.9 Å². The second kappa shape index (κ2) is 9.22. The van der Waals surface area contributed by atoms with Crippen LogP contribution >= 0.6 is 0 Å². The van der Waals surface area contributed by atoms with Gasteiger partial charge in [0.05, 0.1) is 5.92 Å². The van der Waals surface area contributed by atoms with Crippen molar-refractivity contribution in [3.05, 3.63) is 29.8 Å². The Morgan fingerprint density at radius 2 is 1.89 bits per heavy atom. The number of hydrogen-bond acceptors (Lipinski definition) is 4. The van der Waals surface area contributed by atoms with E-state index in [0.29, 0.717) is 12.5 Å². The van der Waals surface area contributed by atoms with Crippen LogP contribution in [0, 0.1) is 11.8 Å². The number of anilines is 1. The standard InChI is InChI=1S/C22H30N2O4/c1-3-16-8-10-18(11-9-16)24-13-17(12-21(24)26)22(27)28-14-20(25)23-19-7-5-4-6-15(19)2/h8-11,15,17,19H,3-7,12-14H2,1-2H3,(H,23,25)/t15-,17-,19+/m0/s1. The molecule has 152 valence electrons. The van der Waals surface area contributed by atoms with E-state index in [2.05, 4.69) is 19.2 Å². The van der Waals surface area contributed by atoms with E-state index in [1.165, 1.54) is 12.0 Å². The quantitative estimate of drug-likeness (QED) is 0.763. The summed E-state index contributed by atoms with van der Waals surface area (Å²) in [5.74, 6) is -0.906. The fourth-order valence-corrected chi connectivity index (χ4v) is 4.06. The van der Waals surface area contributed by atoms with Crippen LogP contribution in [0.25, 0.3) is 0 Å². The zero-order chi connectivity index (χ0) is 20.1. The Bertz CT molecular complexity index is 716. The summed E-state index contributed by atoms with van der Waals surface area (Å²) in [5.41, 5.74) is 1.99. The van der Waals surface area contributed by atoms with Gasteiger partial charge in [0.1, 0.15) is 0 Å².